The zero-order chi connectivity index (χ0) is 21.2. The molecule has 0 fully saturated rings. The number of hydrogen-bond acceptors (Lipinski definition) is 2. The van der Waals surface area contributed by atoms with Gasteiger partial charge in [-0.1, -0.05) is 80.6 Å². The molecule has 0 saturated carbocycles. The van der Waals surface area contributed by atoms with Crippen LogP contribution in [0.15, 0.2) is 78.9 Å². The van der Waals surface area contributed by atoms with E-state index in [0.29, 0.717) is 6.61 Å². The van der Waals surface area contributed by atoms with Gasteiger partial charge in [0.1, 0.15) is 18.1 Å². The summed E-state index contributed by atoms with van der Waals surface area (Å²) in [5, 5.41) is 2.39. The van der Waals surface area contributed by atoms with Crippen LogP contribution in [-0.2, 0) is 10.2 Å². The van der Waals surface area contributed by atoms with Crippen LogP contribution in [0.2, 0.25) is 0 Å². The zero-order valence-electron chi connectivity index (χ0n) is 18.0. The van der Waals surface area contributed by atoms with Crippen LogP contribution in [0.25, 0.3) is 38.8 Å². The van der Waals surface area contributed by atoms with Crippen molar-refractivity contribution in [2.24, 2.45) is 0 Å². The van der Waals surface area contributed by atoms with Gasteiger partial charge in [-0.25, -0.2) is 0 Å². The predicted octanol–water partition coefficient (Wildman–Crippen LogP) is 7.19. The molecule has 31 heavy (non-hydrogen) atoms. The van der Waals surface area contributed by atoms with Gasteiger partial charge in [-0.3, -0.25) is 0 Å². The van der Waals surface area contributed by atoms with Gasteiger partial charge in [-0.2, -0.15) is 0 Å². The van der Waals surface area contributed by atoms with Crippen molar-refractivity contribution < 1.29 is 9.47 Å². The topological polar surface area (TPSA) is 18.5 Å². The van der Waals surface area contributed by atoms with Crippen molar-refractivity contribution in [3.05, 3.63) is 95.6 Å². The molecule has 0 amide bonds. The maximum absolute atomic E-state index is 6.22. The molecule has 0 aromatic heterocycles. The first-order valence-corrected chi connectivity index (χ1v) is 10.8. The van der Waals surface area contributed by atoms with Crippen molar-refractivity contribution in [2.75, 3.05) is 13.7 Å². The predicted molar refractivity (Wildman–Crippen MR) is 127 cm³/mol. The van der Waals surface area contributed by atoms with E-state index in [1.807, 2.05) is 6.08 Å². The zero-order valence-corrected chi connectivity index (χ0v) is 18.0. The molecule has 2 aliphatic rings. The number of hydrogen-bond donors (Lipinski definition) is 0. The maximum Gasteiger partial charge on any atom is 0.138 e. The smallest absolute Gasteiger partial charge is 0.138 e. The Balaban J connectivity index is 1.72. The summed E-state index contributed by atoms with van der Waals surface area (Å²) >= 11 is 0. The van der Waals surface area contributed by atoms with Gasteiger partial charge in [0, 0.05) is 10.8 Å². The first-order valence-electron chi connectivity index (χ1n) is 10.8. The minimum absolute atomic E-state index is 0.179. The summed E-state index contributed by atoms with van der Waals surface area (Å²) in [7, 11) is 1.76. The lowest BCUT2D eigenvalue weighted by Gasteiger charge is -2.29. The van der Waals surface area contributed by atoms with Gasteiger partial charge in [0.25, 0.3) is 0 Å². The fourth-order valence-electron chi connectivity index (χ4n) is 5.41. The van der Waals surface area contributed by atoms with Gasteiger partial charge < -0.3 is 9.47 Å². The second-order valence-corrected chi connectivity index (χ2v) is 8.83. The van der Waals surface area contributed by atoms with Crippen LogP contribution in [0.4, 0.5) is 0 Å². The summed E-state index contributed by atoms with van der Waals surface area (Å²) in [6, 6.07) is 26.1. The third kappa shape index (κ3) is 2.45. The highest BCUT2D eigenvalue weighted by atomic mass is 16.5. The van der Waals surface area contributed by atoms with Crippen LogP contribution in [0, 0.1) is 0 Å². The molecule has 0 N–H and O–H groups in total. The van der Waals surface area contributed by atoms with E-state index in [-0.39, 0.29) is 5.41 Å². The monoisotopic (exact) mass is 404 g/mol. The van der Waals surface area contributed by atoms with E-state index in [1.165, 1.54) is 38.8 Å². The van der Waals surface area contributed by atoms with Gasteiger partial charge >= 0.3 is 0 Å². The van der Waals surface area contributed by atoms with E-state index >= 15 is 0 Å². The quantitative estimate of drug-likeness (QED) is 0.352. The fraction of sp³-hybridized carbons (Fsp3) is 0.172. The molecule has 1 aliphatic carbocycles. The van der Waals surface area contributed by atoms with E-state index in [9.17, 15) is 0 Å². The summed E-state index contributed by atoms with van der Waals surface area (Å²) < 4.78 is 12.1. The lowest BCUT2D eigenvalue weighted by Crippen LogP contribution is -2.20. The normalized spacial score (nSPS) is 15.5. The highest BCUT2D eigenvalue weighted by molar-refractivity contribution is 6.09. The minimum atomic E-state index is -0.179. The standard InChI is InChI=1S/C29H24O2/c1-29(2)23-17-19(18-9-5-4-6-10-18)13-14-22(23)25-20-11-7-8-12-21(20)28-26(27(25)29)24(30-3)15-16-31-28/h4-15,17H,16H2,1-3H3. The number of benzene rings is 4. The maximum atomic E-state index is 6.22. The second-order valence-electron chi connectivity index (χ2n) is 8.83. The third-order valence-corrected chi connectivity index (χ3v) is 6.83. The highest BCUT2D eigenvalue weighted by Crippen LogP contribution is 2.57. The van der Waals surface area contributed by atoms with Crippen LogP contribution in [0.3, 0.4) is 0 Å². The van der Waals surface area contributed by atoms with Gasteiger partial charge in [0.2, 0.25) is 0 Å². The molecule has 0 radical (unpaired) electrons. The first kappa shape index (κ1) is 18.3. The molecule has 1 aliphatic heterocycles. The molecule has 1 heterocycles. The lowest BCUT2D eigenvalue weighted by molar-refractivity contribution is 0.322. The van der Waals surface area contributed by atoms with Crippen molar-refractivity contribution in [1.82, 2.24) is 0 Å². The number of rotatable bonds is 2. The summed E-state index contributed by atoms with van der Waals surface area (Å²) in [6.45, 7) is 5.18. The van der Waals surface area contributed by atoms with Gasteiger partial charge in [-0.15, -0.1) is 0 Å². The van der Waals surface area contributed by atoms with Crippen molar-refractivity contribution in [2.45, 2.75) is 19.3 Å². The molecule has 0 unspecified atom stereocenters. The van der Waals surface area contributed by atoms with E-state index in [0.717, 1.165) is 22.5 Å². The molecule has 2 heteroatoms. The number of fused-ring (bicyclic) bond motifs is 8. The molecule has 2 nitrogen and oxygen atoms in total. The molecule has 4 aromatic rings. The SMILES string of the molecule is COC1=CCOc2c1c1c(c3ccccc23)-c2ccc(-c3ccccc3)cc2C1(C)C. The van der Waals surface area contributed by atoms with E-state index < -0.39 is 0 Å². The molecule has 0 spiro atoms. The number of methoxy groups -OCH3 is 1. The Kier molecular flexibility index (Phi) is 3.82. The van der Waals surface area contributed by atoms with Crippen LogP contribution < -0.4 is 4.74 Å². The molecule has 0 bridgehead atoms. The lowest BCUT2D eigenvalue weighted by atomic mass is 9.78. The van der Waals surface area contributed by atoms with Crippen LogP contribution in [-0.4, -0.2) is 13.7 Å². The molecule has 4 aromatic carbocycles. The Morgan fingerprint density at radius 3 is 2.32 bits per heavy atom. The van der Waals surface area contributed by atoms with Crippen LogP contribution >= 0.6 is 0 Å². The van der Waals surface area contributed by atoms with Gasteiger partial charge in [0.15, 0.2) is 0 Å². The summed E-state index contributed by atoms with van der Waals surface area (Å²) in [4.78, 5) is 0. The van der Waals surface area contributed by atoms with E-state index in [4.69, 9.17) is 9.47 Å². The summed E-state index contributed by atoms with van der Waals surface area (Å²) in [6.07, 6.45) is 2.05. The van der Waals surface area contributed by atoms with Crippen molar-refractivity contribution in [3.8, 4) is 28.0 Å². The van der Waals surface area contributed by atoms with Crippen LogP contribution in [0.1, 0.15) is 30.5 Å². The minimum Gasteiger partial charge on any atom is -0.496 e. The van der Waals surface area contributed by atoms with Crippen LogP contribution in [0.5, 0.6) is 5.75 Å². The average Bonchev–Trinajstić information content (AvgIpc) is 3.06. The summed E-state index contributed by atoms with van der Waals surface area (Å²) in [5.74, 6) is 1.85. The van der Waals surface area contributed by atoms with Crippen molar-refractivity contribution in [1.29, 1.82) is 0 Å². The van der Waals surface area contributed by atoms with Gasteiger partial charge in [0.05, 0.1) is 12.7 Å². The van der Waals surface area contributed by atoms with Gasteiger partial charge in [-0.05, 0) is 50.9 Å². The van der Waals surface area contributed by atoms with Crippen molar-refractivity contribution in [3.63, 3.8) is 0 Å². The molecule has 152 valence electrons. The molecule has 0 saturated heterocycles. The first-order chi connectivity index (χ1) is 15.1. The van der Waals surface area contributed by atoms with E-state index in [2.05, 4.69) is 86.6 Å². The molecular formula is C29H24O2. The number of ether oxygens (including phenoxy) is 2. The Hall–Kier alpha value is -3.52. The fourth-order valence-corrected chi connectivity index (χ4v) is 5.41. The molecule has 0 atom stereocenters. The summed E-state index contributed by atoms with van der Waals surface area (Å²) in [5.41, 5.74) is 8.67. The highest BCUT2D eigenvalue weighted by Gasteiger charge is 2.42. The third-order valence-electron chi connectivity index (χ3n) is 6.83. The molecular weight excluding hydrogens is 380 g/mol. The Labute approximate surface area is 182 Å². The molecule has 6 rings (SSSR count). The Morgan fingerprint density at radius 1 is 0.806 bits per heavy atom. The Morgan fingerprint density at radius 2 is 1.55 bits per heavy atom. The average molecular weight is 405 g/mol. The van der Waals surface area contributed by atoms with E-state index in [1.54, 1.807) is 7.11 Å². The largest absolute Gasteiger partial charge is 0.496 e. The second kappa shape index (κ2) is 6.49. The Bertz CT molecular complexity index is 1380. The van der Waals surface area contributed by atoms with Crippen molar-refractivity contribution >= 4 is 16.5 Å².